The lowest BCUT2D eigenvalue weighted by Gasteiger charge is -2.22. The third-order valence-corrected chi connectivity index (χ3v) is 3.52. The zero-order valence-corrected chi connectivity index (χ0v) is 9.89. The molecular weight excluding hydrogens is 227 g/mol. The van der Waals surface area contributed by atoms with E-state index in [1.165, 1.54) is 4.90 Å². The van der Waals surface area contributed by atoms with Crippen LogP contribution in [0.15, 0.2) is 17.8 Å². The molecule has 2 heterocycles. The van der Waals surface area contributed by atoms with Crippen LogP contribution in [0.2, 0.25) is 0 Å². The molecule has 0 unspecified atom stereocenters. The topological polar surface area (TPSA) is 33.2 Å². The molecule has 5 heteroatoms. The average Bonchev–Trinajstić information content (AvgIpc) is 2.83. The number of hydrogen-bond donors (Lipinski definition) is 0. The third-order valence-electron chi connectivity index (χ3n) is 2.72. The van der Waals surface area contributed by atoms with Crippen LogP contribution in [0.25, 0.3) is 0 Å². The van der Waals surface area contributed by atoms with Crippen molar-refractivity contribution >= 4 is 17.2 Å². The molecule has 1 aromatic heterocycles. The molecule has 1 amide bonds. The smallest absolute Gasteiger partial charge is 0.282 e. The standard InChI is InChI=1S/C11H13FN2OS/c1-7(12)11(15)14-5-3-4-10(14)9-6-16-8(2)13-9/h6,10H,1,3-5H2,2H3/t10-/m0/s1. The summed E-state index contributed by atoms with van der Waals surface area (Å²) in [6.07, 6.45) is 1.74. The first-order valence-electron chi connectivity index (χ1n) is 5.17. The number of hydrogen-bond acceptors (Lipinski definition) is 3. The fraction of sp³-hybridized carbons (Fsp3) is 0.455. The summed E-state index contributed by atoms with van der Waals surface area (Å²) in [4.78, 5) is 17.4. The van der Waals surface area contributed by atoms with Crippen molar-refractivity contribution in [3.63, 3.8) is 0 Å². The van der Waals surface area contributed by atoms with E-state index in [0.717, 1.165) is 23.5 Å². The van der Waals surface area contributed by atoms with E-state index in [1.807, 2.05) is 12.3 Å². The number of amides is 1. The SMILES string of the molecule is C=C(F)C(=O)N1CCC[C@H]1c1csc(C)n1. The Balaban J connectivity index is 2.21. The van der Waals surface area contributed by atoms with Crippen molar-refractivity contribution in [2.24, 2.45) is 0 Å². The molecule has 0 N–H and O–H groups in total. The second-order valence-electron chi connectivity index (χ2n) is 3.85. The number of halogens is 1. The van der Waals surface area contributed by atoms with E-state index in [2.05, 4.69) is 11.6 Å². The maximum absolute atomic E-state index is 12.8. The first-order valence-corrected chi connectivity index (χ1v) is 6.05. The van der Waals surface area contributed by atoms with Crippen LogP contribution in [-0.2, 0) is 4.79 Å². The van der Waals surface area contributed by atoms with Crippen molar-refractivity contribution in [1.29, 1.82) is 0 Å². The summed E-state index contributed by atoms with van der Waals surface area (Å²) in [5.74, 6) is -1.49. The Hall–Kier alpha value is -1.23. The van der Waals surface area contributed by atoms with Crippen LogP contribution in [0.4, 0.5) is 4.39 Å². The number of thiazole rings is 1. The minimum atomic E-state index is -0.890. The number of carbonyl (C=O) groups excluding carboxylic acids is 1. The fourth-order valence-electron chi connectivity index (χ4n) is 2.01. The fourth-order valence-corrected chi connectivity index (χ4v) is 2.67. The Morgan fingerprint density at radius 1 is 1.75 bits per heavy atom. The molecule has 16 heavy (non-hydrogen) atoms. The number of aryl methyl sites for hydroxylation is 1. The van der Waals surface area contributed by atoms with Gasteiger partial charge in [0.05, 0.1) is 16.7 Å². The molecule has 0 bridgehead atoms. The van der Waals surface area contributed by atoms with Crippen LogP contribution in [0.3, 0.4) is 0 Å². The predicted octanol–water partition coefficient (Wildman–Crippen LogP) is 2.60. The molecule has 3 nitrogen and oxygen atoms in total. The van der Waals surface area contributed by atoms with Crippen molar-refractivity contribution in [2.75, 3.05) is 6.54 Å². The number of aromatic nitrogens is 1. The van der Waals surface area contributed by atoms with Gasteiger partial charge in [0, 0.05) is 11.9 Å². The van der Waals surface area contributed by atoms with Gasteiger partial charge in [0.25, 0.3) is 5.91 Å². The Morgan fingerprint density at radius 2 is 2.50 bits per heavy atom. The highest BCUT2D eigenvalue weighted by atomic mass is 32.1. The number of nitrogens with zero attached hydrogens (tertiary/aromatic N) is 2. The highest BCUT2D eigenvalue weighted by Crippen LogP contribution is 2.33. The van der Waals surface area contributed by atoms with Gasteiger partial charge in [-0.25, -0.2) is 9.37 Å². The van der Waals surface area contributed by atoms with Crippen molar-refractivity contribution in [1.82, 2.24) is 9.88 Å². The molecule has 0 aliphatic carbocycles. The molecule has 0 aromatic carbocycles. The molecule has 0 radical (unpaired) electrons. The number of carbonyl (C=O) groups is 1. The van der Waals surface area contributed by atoms with Crippen LogP contribution in [0, 0.1) is 6.92 Å². The highest BCUT2D eigenvalue weighted by Gasteiger charge is 2.32. The Bertz CT molecular complexity index is 429. The van der Waals surface area contributed by atoms with E-state index in [-0.39, 0.29) is 6.04 Å². The zero-order chi connectivity index (χ0) is 11.7. The maximum Gasteiger partial charge on any atom is 0.282 e. The summed E-state index contributed by atoms with van der Waals surface area (Å²) in [6.45, 7) is 5.56. The van der Waals surface area contributed by atoms with Crippen LogP contribution >= 0.6 is 11.3 Å². The molecule has 2 rings (SSSR count). The van der Waals surface area contributed by atoms with E-state index >= 15 is 0 Å². The molecule has 1 fully saturated rings. The third kappa shape index (κ3) is 2.00. The van der Waals surface area contributed by atoms with E-state index in [4.69, 9.17) is 0 Å². The van der Waals surface area contributed by atoms with Gasteiger partial charge in [0.1, 0.15) is 0 Å². The molecule has 1 aliphatic rings. The summed E-state index contributed by atoms with van der Waals surface area (Å²) in [5, 5.41) is 2.90. The van der Waals surface area contributed by atoms with Gasteiger partial charge in [0.2, 0.25) is 0 Å². The van der Waals surface area contributed by atoms with E-state index < -0.39 is 11.7 Å². The lowest BCUT2D eigenvalue weighted by atomic mass is 10.1. The van der Waals surface area contributed by atoms with Gasteiger partial charge in [-0.1, -0.05) is 6.58 Å². The van der Waals surface area contributed by atoms with E-state index in [0.29, 0.717) is 6.54 Å². The highest BCUT2D eigenvalue weighted by molar-refractivity contribution is 7.09. The summed E-state index contributed by atoms with van der Waals surface area (Å²) in [7, 11) is 0. The lowest BCUT2D eigenvalue weighted by Crippen LogP contribution is -2.30. The van der Waals surface area contributed by atoms with Gasteiger partial charge in [0.15, 0.2) is 5.83 Å². The van der Waals surface area contributed by atoms with Gasteiger partial charge in [-0.15, -0.1) is 11.3 Å². The van der Waals surface area contributed by atoms with Crippen molar-refractivity contribution in [3.05, 3.63) is 28.5 Å². The molecule has 1 aromatic rings. The Kier molecular flexibility index (Phi) is 3.05. The second kappa shape index (κ2) is 4.33. The van der Waals surface area contributed by atoms with Crippen molar-refractivity contribution in [2.45, 2.75) is 25.8 Å². The lowest BCUT2D eigenvalue weighted by molar-refractivity contribution is -0.129. The molecule has 1 saturated heterocycles. The molecule has 0 spiro atoms. The monoisotopic (exact) mass is 240 g/mol. The zero-order valence-electron chi connectivity index (χ0n) is 9.07. The van der Waals surface area contributed by atoms with Gasteiger partial charge in [-0.2, -0.15) is 0 Å². The quantitative estimate of drug-likeness (QED) is 0.744. The minimum absolute atomic E-state index is 0.0788. The van der Waals surface area contributed by atoms with Gasteiger partial charge >= 0.3 is 0 Å². The van der Waals surface area contributed by atoms with Crippen molar-refractivity contribution in [3.8, 4) is 0 Å². The minimum Gasteiger partial charge on any atom is -0.328 e. The Labute approximate surface area is 97.6 Å². The van der Waals surface area contributed by atoms with Crippen LogP contribution in [-0.4, -0.2) is 22.3 Å². The Morgan fingerprint density at radius 3 is 3.06 bits per heavy atom. The van der Waals surface area contributed by atoms with E-state index in [1.54, 1.807) is 11.3 Å². The van der Waals surface area contributed by atoms with Gasteiger partial charge in [-0.05, 0) is 19.8 Å². The van der Waals surface area contributed by atoms with Crippen LogP contribution in [0.5, 0.6) is 0 Å². The molecule has 1 aliphatic heterocycles. The van der Waals surface area contributed by atoms with Gasteiger partial charge < -0.3 is 4.90 Å². The summed E-state index contributed by atoms with van der Waals surface area (Å²) in [6, 6.07) is -0.0788. The number of likely N-dealkylation sites (tertiary alicyclic amines) is 1. The number of rotatable bonds is 2. The summed E-state index contributed by atoms with van der Waals surface area (Å²) >= 11 is 1.55. The molecule has 1 atom stereocenters. The first kappa shape index (κ1) is 11.3. The van der Waals surface area contributed by atoms with Crippen LogP contribution in [0.1, 0.15) is 29.6 Å². The van der Waals surface area contributed by atoms with Gasteiger partial charge in [-0.3, -0.25) is 4.79 Å². The van der Waals surface area contributed by atoms with Crippen LogP contribution < -0.4 is 0 Å². The maximum atomic E-state index is 12.8. The molecule has 86 valence electrons. The van der Waals surface area contributed by atoms with Crippen molar-refractivity contribution < 1.29 is 9.18 Å². The largest absolute Gasteiger partial charge is 0.328 e. The summed E-state index contributed by atoms with van der Waals surface area (Å²) in [5.41, 5.74) is 0.870. The average molecular weight is 240 g/mol. The predicted molar refractivity (Wildman–Crippen MR) is 60.8 cm³/mol. The molecule has 0 saturated carbocycles. The first-order chi connectivity index (χ1) is 7.59. The molecular formula is C11H13FN2OS. The summed E-state index contributed by atoms with van der Waals surface area (Å²) < 4.78 is 12.8. The normalized spacial score (nSPS) is 20.1. The van der Waals surface area contributed by atoms with E-state index in [9.17, 15) is 9.18 Å². The second-order valence-corrected chi connectivity index (χ2v) is 4.92.